The molecular formula is C19H21F2N3OS. The largest absolute Gasteiger partial charge is 0.435 e. The molecule has 0 unspecified atom stereocenters. The first-order chi connectivity index (χ1) is 12.4. The Morgan fingerprint density at radius 2 is 1.85 bits per heavy atom. The molecule has 2 rings (SSSR count). The molecule has 0 atom stereocenters. The van der Waals surface area contributed by atoms with E-state index in [9.17, 15) is 8.78 Å². The fraction of sp³-hybridized carbons (Fsp3) is 0.263. The highest BCUT2D eigenvalue weighted by molar-refractivity contribution is 7.80. The maximum absolute atomic E-state index is 12.2. The lowest BCUT2D eigenvalue weighted by atomic mass is 10.1. The normalized spacial score (nSPS) is 11.4. The van der Waals surface area contributed by atoms with Gasteiger partial charge in [-0.25, -0.2) is 0 Å². The first kappa shape index (κ1) is 19.8. The Kier molecular flexibility index (Phi) is 7.03. The summed E-state index contributed by atoms with van der Waals surface area (Å²) in [5.74, 6) is 0.110. The third kappa shape index (κ3) is 5.49. The summed E-state index contributed by atoms with van der Waals surface area (Å²) in [7, 11) is 0. The van der Waals surface area contributed by atoms with Crippen molar-refractivity contribution < 1.29 is 13.5 Å². The molecule has 0 aromatic heterocycles. The molecule has 0 saturated heterocycles. The molecule has 0 aliphatic heterocycles. The summed E-state index contributed by atoms with van der Waals surface area (Å²) >= 11 is 5.29. The van der Waals surface area contributed by atoms with Gasteiger partial charge in [-0.15, -0.1) is 0 Å². The van der Waals surface area contributed by atoms with Gasteiger partial charge < -0.3 is 10.1 Å². The standard InChI is InChI=1S/C19H21F2N3OS/c1-4-16(14-8-10-15(11-9-14)25-18(20)21)23-24-19(26)22-17-7-5-6-12(2)13(17)3/h5-11,18H,4H2,1-3H3,(H2,22,24,26)/b23-16+. The van der Waals surface area contributed by atoms with E-state index < -0.39 is 6.61 Å². The summed E-state index contributed by atoms with van der Waals surface area (Å²) in [5, 5.41) is 7.82. The van der Waals surface area contributed by atoms with Gasteiger partial charge in [-0.2, -0.15) is 13.9 Å². The minimum Gasteiger partial charge on any atom is -0.435 e. The van der Waals surface area contributed by atoms with Crippen molar-refractivity contribution in [2.75, 3.05) is 5.32 Å². The second kappa shape index (κ2) is 9.24. The predicted molar refractivity (Wildman–Crippen MR) is 105 cm³/mol. The Morgan fingerprint density at radius 1 is 1.15 bits per heavy atom. The van der Waals surface area contributed by atoms with E-state index in [0.717, 1.165) is 22.5 Å². The van der Waals surface area contributed by atoms with Crippen LogP contribution in [0.4, 0.5) is 14.5 Å². The monoisotopic (exact) mass is 377 g/mol. The number of benzene rings is 2. The van der Waals surface area contributed by atoms with Gasteiger partial charge in [-0.3, -0.25) is 5.43 Å². The molecular weight excluding hydrogens is 356 g/mol. The number of thiocarbonyl (C=S) groups is 1. The van der Waals surface area contributed by atoms with Gasteiger partial charge in [0.25, 0.3) is 0 Å². The van der Waals surface area contributed by atoms with E-state index in [4.69, 9.17) is 12.2 Å². The summed E-state index contributed by atoms with van der Waals surface area (Å²) < 4.78 is 28.8. The van der Waals surface area contributed by atoms with E-state index in [1.807, 2.05) is 39.0 Å². The summed E-state index contributed by atoms with van der Waals surface area (Å²) in [6, 6.07) is 12.3. The van der Waals surface area contributed by atoms with Gasteiger partial charge in [-0.05, 0) is 79.5 Å². The maximum Gasteiger partial charge on any atom is 0.387 e. The van der Waals surface area contributed by atoms with Gasteiger partial charge in [0.05, 0.1) is 5.71 Å². The second-order valence-electron chi connectivity index (χ2n) is 5.63. The first-order valence-corrected chi connectivity index (χ1v) is 8.56. The van der Waals surface area contributed by atoms with E-state index in [-0.39, 0.29) is 5.75 Å². The highest BCUT2D eigenvalue weighted by Crippen LogP contribution is 2.18. The number of rotatable bonds is 6. The Morgan fingerprint density at radius 3 is 2.46 bits per heavy atom. The van der Waals surface area contributed by atoms with Gasteiger partial charge in [0.15, 0.2) is 5.11 Å². The molecule has 0 radical (unpaired) electrons. The zero-order chi connectivity index (χ0) is 19.1. The predicted octanol–water partition coefficient (Wildman–Crippen LogP) is 5.01. The quantitative estimate of drug-likeness (QED) is 0.422. The van der Waals surface area contributed by atoms with Crippen molar-refractivity contribution in [3.63, 3.8) is 0 Å². The minimum absolute atomic E-state index is 0.110. The number of alkyl halides is 2. The third-order valence-corrected chi connectivity index (χ3v) is 4.09. The van der Waals surface area contributed by atoms with Crippen molar-refractivity contribution in [2.24, 2.45) is 5.10 Å². The van der Waals surface area contributed by atoms with Gasteiger partial charge >= 0.3 is 6.61 Å². The number of hydrazone groups is 1. The van der Waals surface area contributed by atoms with Crippen molar-refractivity contribution in [3.8, 4) is 5.75 Å². The molecule has 0 heterocycles. The van der Waals surface area contributed by atoms with Crippen molar-refractivity contribution >= 4 is 28.7 Å². The molecule has 26 heavy (non-hydrogen) atoms. The number of halogens is 2. The van der Waals surface area contributed by atoms with Crippen LogP contribution >= 0.6 is 12.2 Å². The molecule has 7 heteroatoms. The summed E-state index contributed by atoms with van der Waals surface area (Å²) in [4.78, 5) is 0. The molecule has 4 nitrogen and oxygen atoms in total. The molecule has 0 spiro atoms. The molecule has 138 valence electrons. The van der Waals surface area contributed by atoms with Gasteiger partial charge in [0.1, 0.15) is 5.75 Å². The Labute approximate surface area is 157 Å². The fourth-order valence-corrected chi connectivity index (χ4v) is 2.49. The molecule has 0 aliphatic carbocycles. The van der Waals surface area contributed by atoms with Crippen LogP contribution in [0, 0.1) is 13.8 Å². The zero-order valence-electron chi connectivity index (χ0n) is 14.8. The number of anilines is 1. The Hall–Kier alpha value is -2.54. The van der Waals surface area contributed by atoms with E-state index in [1.54, 1.807) is 12.1 Å². The number of ether oxygens (including phenoxy) is 1. The number of hydrogen-bond donors (Lipinski definition) is 2. The first-order valence-electron chi connectivity index (χ1n) is 8.15. The van der Waals surface area contributed by atoms with Crippen molar-refractivity contribution in [1.82, 2.24) is 5.43 Å². The van der Waals surface area contributed by atoms with E-state index in [2.05, 4.69) is 20.6 Å². The highest BCUT2D eigenvalue weighted by Gasteiger charge is 2.07. The van der Waals surface area contributed by atoms with Gasteiger partial charge in [0, 0.05) is 5.69 Å². The molecule has 0 aliphatic rings. The van der Waals surface area contributed by atoms with Crippen LogP contribution in [0.5, 0.6) is 5.75 Å². The van der Waals surface area contributed by atoms with Crippen LogP contribution in [-0.2, 0) is 0 Å². The summed E-state index contributed by atoms with van der Waals surface area (Å²) in [5.41, 5.74) is 7.59. The van der Waals surface area contributed by atoms with Gasteiger partial charge in [0.2, 0.25) is 0 Å². The number of nitrogens with one attached hydrogen (secondary N) is 2. The lowest BCUT2D eigenvalue weighted by Gasteiger charge is -2.12. The van der Waals surface area contributed by atoms with Crippen LogP contribution in [0.2, 0.25) is 0 Å². The van der Waals surface area contributed by atoms with Crippen LogP contribution < -0.4 is 15.5 Å². The number of aryl methyl sites for hydroxylation is 1. The Bertz CT molecular complexity index is 792. The smallest absolute Gasteiger partial charge is 0.387 e. The van der Waals surface area contributed by atoms with Crippen molar-refractivity contribution in [1.29, 1.82) is 0 Å². The minimum atomic E-state index is -2.84. The van der Waals surface area contributed by atoms with Crippen LogP contribution in [-0.4, -0.2) is 17.4 Å². The SMILES string of the molecule is CC/C(=N\NC(=S)Nc1cccc(C)c1C)c1ccc(OC(F)F)cc1. The molecule has 0 saturated carbocycles. The molecule has 2 aromatic rings. The second-order valence-corrected chi connectivity index (χ2v) is 6.04. The van der Waals surface area contributed by atoms with E-state index in [1.165, 1.54) is 17.7 Å². The molecule has 0 bridgehead atoms. The van der Waals surface area contributed by atoms with Crippen LogP contribution in [0.25, 0.3) is 0 Å². The van der Waals surface area contributed by atoms with Crippen molar-refractivity contribution in [2.45, 2.75) is 33.8 Å². The summed E-state index contributed by atoms with van der Waals surface area (Å²) in [6.45, 7) is 3.16. The zero-order valence-corrected chi connectivity index (χ0v) is 15.7. The lowest BCUT2D eigenvalue weighted by Crippen LogP contribution is -2.25. The fourth-order valence-electron chi connectivity index (χ4n) is 2.33. The summed E-state index contributed by atoms with van der Waals surface area (Å²) in [6.07, 6.45) is 0.647. The van der Waals surface area contributed by atoms with Crippen LogP contribution in [0.3, 0.4) is 0 Å². The average Bonchev–Trinajstić information content (AvgIpc) is 2.60. The third-order valence-electron chi connectivity index (χ3n) is 3.89. The molecule has 0 amide bonds. The molecule has 0 fully saturated rings. The van der Waals surface area contributed by atoms with Crippen LogP contribution in [0.1, 0.15) is 30.0 Å². The Balaban J connectivity index is 2.04. The number of hydrogen-bond acceptors (Lipinski definition) is 3. The maximum atomic E-state index is 12.2. The lowest BCUT2D eigenvalue weighted by molar-refractivity contribution is -0.0498. The van der Waals surface area contributed by atoms with Gasteiger partial charge in [-0.1, -0.05) is 19.1 Å². The number of nitrogens with zero attached hydrogens (tertiary/aromatic N) is 1. The average molecular weight is 377 g/mol. The van der Waals surface area contributed by atoms with Crippen molar-refractivity contribution in [3.05, 3.63) is 59.2 Å². The molecule has 2 N–H and O–H groups in total. The van der Waals surface area contributed by atoms with Crippen LogP contribution in [0.15, 0.2) is 47.6 Å². The highest BCUT2D eigenvalue weighted by atomic mass is 32.1. The topological polar surface area (TPSA) is 45.7 Å². The van der Waals surface area contributed by atoms with E-state index in [0.29, 0.717) is 11.5 Å². The van der Waals surface area contributed by atoms with E-state index >= 15 is 0 Å². The molecule has 2 aromatic carbocycles.